The Morgan fingerprint density at radius 3 is 2.75 bits per heavy atom. The Morgan fingerprint density at radius 1 is 1.55 bits per heavy atom. The van der Waals surface area contributed by atoms with Crippen LogP contribution in [0.4, 0.5) is 4.79 Å². The van der Waals surface area contributed by atoms with Gasteiger partial charge in [0.15, 0.2) is 0 Å². The Labute approximate surface area is 121 Å². The molecule has 0 aliphatic carbocycles. The minimum Gasteiger partial charge on any atom is -0.465 e. The Kier molecular flexibility index (Phi) is 4.61. The number of piperidine rings is 1. The maximum absolute atomic E-state index is 10.9. The van der Waals surface area contributed by atoms with Gasteiger partial charge in [0, 0.05) is 25.2 Å². The molecule has 9 heteroatoms. The van der Waals surface area contributed by atoms with Crippen molar-refractivity contribution < 1.29 is 22.5 Å². The van der Waals surface area contributed by atoms with E-state index in [0.717, 1.165) is 29.0 Å². The van der Waals surface area contributed by atoms with Crippen LogP contribution >= 0.6 is 11.3 Å². The van der Waals surface area contributed by atoms with E-state index in [9.17, 15) is 13.2 Å². The monoisotopic (exact) mass is 320 g/mol. The van der Waals surface area contributed by atoms with Crippen molar-refractivity contribution in [3.05, 3.63) is 16.1 Å². The van der Waals surface area contributed by atoms with E-state index in [1.807, 2.05) is 0 Å². The Hall–Kier alpha value is -1.19. The van der Waals surface area contributed by atoms with Crippen molar-refractivity contribution in [2.45, 2.75) is 25.4 Å². The Balaban J connectivity index is 1.91. The Morgan fingerprint density at radius 2 is 2.20 bits per heavy atom. The van der Waals surface area contributed by atoms with Crippen molar-refractivity contribution in [3.8, 4) is 0 Å². The maximum Gasteiger partial charge on any atom is 0.407 e. The topological polar surface area (TPSA) is 96.8 Å². The fourth-order valence-corrected chi connectivity index (χ4v) is 3.48. The minimum atomic E-state index is -3.45. The van der Waals surface area contributed by atoms with Gasteiger partial charge in [0.25, 0.3) is 10.1 Å². The van der Waals surface area contributed by atoms with E-state index in [4.69, 9.17) is 9.29 Å². The number of hydrogen-bond acceptors (Lipinski definition) is 6. The molecule has 1 N–H and O–H groups in total. The first-order valence-electron chi connectivity index (χ1n) is 6.12. The number of carbonyl (C=O) groups is 1. The summed E-state index contributed by atoms with van der Waals surface area (Å²) in [4.78, 5) is 17.3. The van der Waals surface area contributed by atoms with E-state index in [2.05, 4.69) is 4.98 Å². The summed E-state index contributed by atoms with van der Waals surface area (Å²) in [6.45, 7) is 1.02. The molecular formula is C11H16N2O5S2. The average Bonchev–Trinajstić information content (AvgIpc) is 2.84. The van der Waals surface area contributed by atoms with Gasteiger partial charge in [-0.1, -0.05) is 0 Å². The molecule has 2 rings (SSSR count). The quantitative estimate of drug-likeness (QED) is 0.844. The zero-order chi connectivity index (χ0) is 14.8. The van der Waals surface area contributed by atoms with Gasteiger partial charge in [-0.15, -0.1) is 11.3 Å². The normalized spacial score (nSPS) is 17.4. The number of aromatic nitrogens is 1. The lowest BCUT2D eigenvalue weighted by Crippen LogP contribution is -2.36. The zero-order valence-corrected chi connectivity index (χ0v) is 12.6. The van der Waals surface area contributed by atoms with E-state index < -0.39 is 16.2 Å². The van der Waals surface area contributed by atoms with Crippen molar-refractivity contribution in [2.75, 3.05) is 19.3 Å². The predicted molar refractivity (Wildman–Crippen MR) is 73.3 cm³/mol. The highest BCUT2D eigenvalue weighted by Gasteiger charge is 2.25. The Bertz CT molecular complexity index is 575. The lowest BCUT2D eigenvalue weighted by Gasteiger charge is -2.28. The third kappa shape index (κ3) is 4.15. The summed E-state index contributed by atoms with van der Waals surface area (Å²) in [5.41, 5.74) is 0. The van der Waals surface area contributed by atoms with Gasteiger partial charge in [-0.05, 0) is 12.8 Å². The SMILES string of the molecule is CS(=O)(=O)OCc1cnc(C2CCN(C(=O)O)CC2)s1. The highest BCUT2D eigenvalue weighted by atomic mass is 32.2. The van der Waals surface area contributed by atoms with Gasteiger partial charge in [0.2, 0.25) is 0 Å². The van der Waals surface area contributed by atoms with Crippen LogP contribution in [0.2, 0.25) is 0 Å². The molecule has 0 spiro atoms. The number of carboxylic acid groups (broad SMARTS) is 1. The molecule has 1 fully saturated rings. The molecule has 0 bridgehead atoms. The van der Waals surface area contributed by atoms with Crippen molar-refractivity contribution >= 4 is 27.5 Å². The molecule has 0 saturated carbocycles. The summed E-state index contributed by atoms with van der Waals surface area (Å²) in [5.74, 6) is 0.239. The van der Waals surface area contributed by atoms with Gasteiger partial charge >= 0.3 is 6.09 Å². The number of hydrogen-bond donors (Lipinski definition) is 1. The van der Waals surface area contributed by atoms with E-state index in [0.29, 0.717) is 13.1 Å². The van der Waals surface area contributed by atoms with Crippen LogP contribution in [0.1, 0.15) is 28.6 Å². The molecule has 0 atom stereocenters. The molecule has 0 aromatic carbocycles. The summed E-state index contributed by atoms with van der Waals surface area (Å²) in [6, 6.07) is 0. The van der Waals surface area contributed by atoms with Crippen LogP contribution in [0, 0.1) is 0 Å². The van der Waals surface area contributed by atoms with E-state index >= 15 is 0 Å². The van der Waals surface area contributed by atoms with E-state index in [1.54, 1.807) is 6.20 Å². The summed E-state index contributed by atoms with van der Waals surface area (Å²) < 4.78 is 26.5. The molecular weight excluding hydrogens is 304 g/mol. The number of amides is 1. The molecule has 20 heavy (non-hydrogen) atoms. The molecule has 0 radical (unpaired) electrons. The molecule has 1 aliphatic rings. The second-order valence-electron chi connectivity index (χ2n) is 4.68. The summed E-state index contributed by atoms with van der Waals surface area (Å²) in [6.07, 6.45) is 3.23. The first kappa shape index (κ1) is 15.2. The van der Waals surface area contributed by atoms with Crippen LogP contribution in [0.5, 0.6) is 0 Å². The number of thiazole rings is 1. The van der Waals surface area contributed by atoms with Gasteiger partial charge in [-0.25, -0.2) is 9.78 Å². The van der Waals surface area contributed by atoms with Crippen LogP contribution in [-0.2, 0) is 20.9 Å². The second-order valence-corrected chi connectivity index (χ2v) is 7.47. The van der Waals surface area contributed by atoms with Crippen LogP contribution in [0.25, 0.3) is 0 Å². The van der Waals surface area contributed by atoms with Crippen LogP contribution in [-0.4, -0.2) is 48.8 Å². The highest BCUT2D eigenvalue weighted by Crippen LogP contribution is 2.31. The lowest BCUT2D eigenvalue weighted by atomic mass is 9.98. The maximum atomic E-state index is 10.9. The molecule has 7 nitrogen and oxygen atoms in total. The van der Waals surface area contributed by atoms with Crippen LogP contribution < -0.4 is 0 Å². The van der Waals surface area contributed by atoms with Crippen molar-refractivity contribution in [3.63, 3.8) is 0 Å². The van der Waals surface area contributed by atoms with Gasteiger partial charge in [0.05, 0.1) is 16.1 Å². The highest BCUT2D eigenvalue weighted by molar-refractivity contribution is 7.85. The standard InChI is InChI=1S/C11H16N2O5S2/c1-20(16,17)18-7-9-6-12-10(19-9)8-2-4-13(5-3-8)11(14)15/h6,8H,2-5,7H2,1H3,(H,14,15). The first-order chi connectivity index (χ1) is 9.35. The third-order valence-electron chi connectivity index (χ3n) is 3.10. The number of likely N-dealkylation sites (tertiary alicyclic amines) is 1. The van der Waals surface area contributed by atoms with Gasteiger partial charge in [-0.3, -0.25) is 4.18 Å². The summed E-state index contributed by atoms with van der Waals surface area (Å²) in [5, 5.41) is 9.80. The van der Waals surface area contributed by atoms with Gasteiger partial charge < -0.3 is 10.0 Å². The van der Waals surface area contributed by atoms with E-state index in [-0.39, 0.29) is 12.5 Å². The summed E-state index contributed by atoms with van der Waals surface area (Å²) in [7, 11) is -3.45. The number of rotatable bonds is 4. The molecule has 1 saturated heterocycles. The molecule has 0 unspecified atom stereocenters. The molecule has 1 amide bonds. The molecule has 1 aromatic rings. The van der Waals surface area contributed by atoms with Crippen LogP contribution in [0.15, 0.2) is 6.20 Å². The summed E-state index contributed by atoms with van der Waals surface area (Å²) >= 11 is 1.42. The average molecular weight is 320 g/mol. The van der Waals surface area contributed by atoms with Crippen molar-refractivity contribution in [1.82, 2.24) is 9.88 Å². The largest absolute Gasteiger partial charge is 0.465 e. The third-order valence-corrected chi connectivity index (χ3v) is 4.78. The van der Waals surface area contributed by atoms with E-state index in [1.165, 1.54) is 16.2 Å². The van der Waals surface area contributed by atoms with Crippen LogP contribution in [0.3, 0.4) is 0 Å². The van der Waals surface area contributed by atoms with Crippen molar-refractivity contribution in [2.24, 2.45) is 0 Å². The second kappa shape index (κ2) is 6.06. The smallest absolute Gasteiger partial charge is 0.407 e. The van der Waals surface area contributed by atoms with Crippen molar-refractivity contribution in [1.29, 1.82) is 0 Å². The fraction of sp³-hybridized carbons (Fsp3) is 0.636. The lowest BCUT2D eigenvalue weighted by molar-refractivity contribution is 0.132. The first-order valence-corrected chi connectivity index (χ1v) is 8.75. The zero-order valence-electron chi connectivity index (χ0n) is 11.0. The minimum absolute atomic E-state index is 0.00444. The van der Waals surface area contributed by atoms with Gasteiger partial charge in [-0.2, -0.15) is 8.42 Å². The fourth-order valence-electron chi connectivity index (χ4n) is 2.06. The number of nitrogens with zero attached hydrogens (tertiary/aromatic N) is 2. The molecule has 1 aliphatic heterocycles. The molecule has 1 aromatic heterocycles. The molecule has 2 heterocycles. The predicted octanol–water partition coefficient (Wildman–Crippen LogP) is 1.48. The molecule has 112 valence electrons. The van der Waals surface area contributed by atoms with Gasteiger partial charge in [0.1, 0.15) is 6.61 Å².